The van der Waals surface area contributed by atoms with E-state index in [2.05, 4.69) is 53.4 Å². The lowest BCUT2D eigenvalue weighted by Gasteiger charge is -2.24. The van der Waals surface area contributed by atoms with Crippen molar-refractivity contribution >= 4 is 17.7 Å². The normalized spacial score (nSPS) is 17.5. The Labute approximate surface area is 211 Å². The minimum Gasteiger partial charge on any atom is -0.457 e. The SMILES string of the molecule is O=C1C(c2ccccc2)SC(c2cccc(Oc3ccccc3)c2)N1CCCCc1ccccc1. The molecule has 3 nitrogen and oxygen atoms in total. The van der Waals surface area contributed by atoms with Crippen molar-refractivity contribution in [1.82, 2.24) is 4.90 Å². The lowest BCUT2D eigenvalue weighted by molar-refractivity contribution is -0.130. The van der Waals surface area contributed by atoms with Gasteiger partial charge in [-0.1, -0.05) is 91.0 Å². The lowest BCUT2D eigenvalue weighted by atomic mass is 10.1. The third kappa shape index (κ3) is 5.77. The summed E-state index contributed by atoms with van der Waals surface area (Å²) < 4.78 is 6.09. The molecule has 2 atom stereocenters. The van der Waals surface area contributed by atoms with Gasteiger partial charge in [-0.15, -0.1) is 11.8 Å². The smallest absolute Gasteiger partial charge is 0.241 e. The first-order chi connectivity index (χ1) is 17.3. The number of rotatable bonds is 9. The molecular formula is C31H29NO2S. The van der Waals surface area contributed by atoms with Crippen molar-refractivity contribution in [2.75, 3.05) is 6.54 Å². The van der Waals surface area contributed by atoms with Gasteiger partial charge in [0.2, 0.25) is 5.91 Å². The predicted molar refractivity (Wildman–Crippen MR) is 144 cm³/mol. The van der Waals surface area contributed by atoms with Gasteiger partial charge < -0.3 is 9.64 Å². The lowest BCUT2D eigenvalue weighted by Crippen LogP contribution is -2.30. The Morgan fingerprint density at radius 3 is 2.06 bits per heavy atom. The standard InChI is InChI=1S/C31H29NO2S/c33-30-29(25-16-6-2-7-17-25)35-31(32(30)22-11-10-15-24-13-4-1-5-14-24)26-18-12-21-28(23-26)34-27-19-8-3-9-20-27/h1-9,12-14,16-21,23,29,31H,10-11,15,22H2. The van der Waals surface area contributed by atoms with Crippen LogP contribution in [0.4, 0.5) is 0 Å². The van der Waals surface area contributed by atoms with Gasteiger partial charge in [-0.05, 0) is 60.2 Å². The molecule has 1 fully saturated rings. The molecule has 1 aliphatic rings. The van der Waals surface area contributed by atoms with Crippen LogP contribution < -0.4 is 4.74 Å². The molecule has 2 unspecified atom stereocenters. The molecule has 0 radical (unpaired) electrons. The van der Waals surface area contributed by atoms with Gasteiger partial charge in [-0.3, -0.25) is 4.79 Å². The second kappa shape index (κ2) is 11.3. The minimum absolute atomic E-state index is 0.0382. The van der Waals surface area contributed by atoms with Gasteiger partial charge in [0.1, 0.15) is 22.1 Å². The number of thioether (sulfide) groups is 1. The van der Waals surface area contributed by atoms with Crippen molar-refractivity contribution in [3.05, 3.63) is 132 Å². The van der Waals surface area contributed by atoms with Gasteiger partial charge in [-0.25, -0.2) is 0 Å². The Hall–Kier alpha value is -3.50. The highest BCUT2D eigenvalue weighted by Gasteiger charge is 2.41. The molecule has 4 aromatic rings. The average molecular weight is 480 g/mol. The van der Waals surface area contributed by atoms with Crippen LogP contribution in [-0.2, 0) is 11.2 Å². The van der Waals surface area contributed by atoms with Crippen LogP contribution in [0, 0.1) is 0 Å². The van der Waals surface area contributed by atoms with E-state index >= 15 is 0 Å². The van der Waals surface area contributed by atoms with E-state index in [9.17, 15) is 4.79 Å². The summed E-state index contributed by atoms with van der Waals surface area (Å²) in [5, 5.41) is -0.224. The molecule has 1 amide bonds. The summed E-state index contributed by atoms with van der Waals surface area (Å²) in [6.07, 6.45) is 3.06. The molecule has 0 spiro atoms. The van der Waals surface area contributed by atoms with E-state index < -0.39 is 0 Å². The van der Waals surface area contributed by atoms with Gasteiger partial charge in [-0.2, -0.15) is 0 Å². The van der Waals surface area contributed by atoms with E-state index in [-0.39, 0.29) is 16.5 Å². The summed E-state index contributed by atoms with van der Waals surface area (Å²) in [4.78, 5) is 15.7. The average Bonchev–Trinajstić information content (AvgIpc) is 3.24. The van der Waals surface area contributed by atoms with Crippen molar-refractivity contribution in [1.29, 1.82) is 0 Å². The summed E-state index contributed by atoms with van der Waals surface area (Å²) in [7, 11) is 0. The summed E-state index contributed by atoms with van der Waals surface area (Å²) in [6.45, 7) is 0.746. The largest absolute Gasteiger partial charge is 0.457 e. The van der Waals surface area contributed by atoms with Gasteiger partial charge in [0.05, 0.1) is 0 Å². The summed E-state index contributed by atoms with van der Waals surface area (Å²) in [6, 6.07) is 38.6. The molecule has 0 aromatic heterocycles. The van der Waals surface area contributed by atoms with E-state index in [1.807, 2.05) is 66.7 Å². The Kier molecular flexibility index (Phi) is 7.50. The van der Waals surface area contributed by atoms with Crippen LogP contribution in [-0.4, -0.2) is 17.4 Å². The topological polar surface area (TPSA) is 29.5 Å². The van der Waals surface area contributed by atoms with Crippen molar-refractivity contribution in [2.45, 2.75) is 29.9 Å². The number of hydrogen-bond acceptors (Lipinski definition) is 3. The molecule has 1 saturated heterocycles. The van der Waals surface area contributed by atoms with Crippen molar-refractivity contribution in [2.24, 2.45) is 0 Å². The van der Waals surface area contributed by atoms with E-state index in [0.29, 0.717) is 0 Å². The molecule has 1 aliphatic heterocycles. The number of carbonyl (C=O) groups is 1. The highest BCUT2D eigenvalue weighted by Crippen LogP contribution is 2.51. The van der Waals surface area contributed by atoms with Gasteiger partial charge >= 0.3 is 0 Å². The number of unbranched alkanes of at least 4 members (excludes halogenated alkanes) is 1. The van der Waals surface area contributed by atoms with Crippen molar-refractivity contribution in [3.63, 3.8) is 0 Å². The first kappa shape index (κ1) is 23.3. The minimum atomic E-state index is -0.186. The second-order valence-corrected chi connectivity index (χ2v) is 9.93. The Bertz CT molecular complexity index is 1230. The monoisotopic (exact) mass is 479 g/mol. The molecule has 1 heterocycles. The van der Waals surface area contributed by atoms with Crippen molar-refractivity contribution < 1.29 is 9.53 Å². The maximum Gasteiger partial charge on any atom is 0.241 e. The number of ether oxygens (including phenoxy) is 1. The van der Waals surface area contributed by atoms with Crippen LogP contribution in [0.5, 0.6) is 11.5 Å². The summed E-state index contributed by atoms with van der Waals surface area (Å²) in [5.41, 5.74) is 3.51. The highest BCUT2D eigenvalue weighted by molar-refractivity contribution is 8.00. The molecule has 4 aromatic carbocycles. The molecule has 35 heavy (non-hydrogen) atoms. The third-order valence-corrected chi connectivity index (χ3v) is 7.77. The molecule has 0 saturated carbocycles. The van der Waals surface area contributed by atoms with E-state index in [0.717, 1.165) is 48.4 Å². The number of nitrogens with zero attached hydrogens (tertiary/aromatic N) is 1. The van der Waals surface area contributed by atoms with Crippen LogP contribution in [0.1, 0.15) is 40.2 Å². The molecule has 0 aliphatic carbocycles. The Morgan fingerprint density at radius 2 is 1.31 bits per heavy atom. The van der Waals surface area contributed by atoms with Gasteiger partial charge in [0.15, 0.2) is 0 Å². The van der Waals surface area contributed by atoms with Gasteiger partial charge in [0.25, 0.3) is 0 Å². The number of para-hydroxylation sites is 1. The zero-order chi connectivity index (χ0) is 23.9. The summed E-state index contributed by atoms with van der Waals surface area (Å²) >= 11 is 1.72. The number of hydrogen-bond donors (Lipinski definition) is 0. The highest BCUT2D eigenvalue weighted by atomic mass is 32.2. The van der Waals surface area contributed by atoms with Crippen LogP contribution >= 0.6 is 11.8 Å². The number of carbonyl (C=O) groups excluding carboxylic acids is 1. The zero-order valence-corrected chi connectivity index (χ0v) is 20.4. The molecular weight excluding hydrogens is 450 g/mol. The number of aryl methyl sites for hydroxylation is 1. The van der Waals surface area contributed by atoms with Gasteiger partial charge in [0, 0.05) is 6.54 Å². The van der Waals surface area contributed by atoms with Crippen LogP contribution in [0.25, 0.3) is 0 Å². The molecule has 0 N–H and O–H groups in total. The molecule has 5 rings (SSSR count). The maximum atomic E-state index is 13.6. The fourth-order valence-corrected chi connectivity index (χ4v) is 5.96. The quantitative estimate of drug-likeness (QED) is 0.229. The second-order valence-electron chi connectivity index (χ2n) is 8.74. The van der Waals surface area contributed by atoms with E-state index in [4.69, 9.17) is 4.74 Å². The molecule has 176 valence electrons. The van der Waals surface area contributed by atoms with Crippen LogP contribution in [0.2, 0.25) is 0 Å². The van der Waals surface area contributed by atoms with E-state index in [1.54, 1.807) is 11.8 Å². The zero-order valence-electron chi connectivity index (χ0n) is 19.6. The van der Waals surface area contributed by atoms with Crippen LogP contribution in [0.3, 0.4) is 0 Å². The first-order valence-corrected chi connectivity index (χ1v) is 13.1. The predicted octanol–water partition coefficient (Wildman–Crippen LogP) is 7.82. The first-order valence-electron chi connectivity index (χ1n) is 12.2. The molecule has 0 bridgehead atoms. The van der Waals surface area contributed by atoms with Crippen LogP contribution in [0.15, 0.2) is 115 Å². The Morgan fingerprint density at radius 1 is 0.686 bits per heavy atom. The van der Waals surface area contributed by atoms with Crippen molar-refractivity contribution in [3.8, 4) is 11.5 Å². The molecule has 4 heteroatoms. The fourth-order valence-electron chi connectivity index (χ4n) is 4.47. The fraction of sp³-hybridized carbons (Fsp3) is 0.194. The third-order valence-electron chi connectivity index (χ3n) is 6.24. The Balaban J connectivity index is 1.34. The van der Waals surface area contributed by atoms with E-state index in [1.165, 1.54) is 5.56 Å². The number of amides is 1. The maximum absolute atomic E-state index is 13.6. The summed E-state index contributed by atoms with van der Waals surface area (Å²) in [5.74, 6) is 1.79. The number of benzene rings is 4.